The molecule has 1 aromatic heterocycles. The van der Waals surface area contributed by atoms with E-state index in [0.717, 1.165) is 36.2 Å². The Hall–Kier alpha value is -3.02. The third kappa shape index (κ3) is 3.74. The minimum atomic E-state index is -0.904. The average molecular weight is 338 g/mol. The van der Waals surface area contributed by atoms with Crippen molar-refractivity contribution in [3.8, 4) is 11.3 Å². The summed E-state index contributed by atoms with van der Waals surface area (Å²) in [5.41, 5.74) is 2.13. The molecule has 0 spiro atoms. The molecule has 4 rings (SSSR count). The summed E-state index contributed by atoms with van der Waals surface area (Å²) in [5.74, 6) is -0.745. The summed E-state index contributed by atoms with van der Waals surface area (Å²) < 4.78 is 26.5. The van der Waals surface area contributed by atoms with E-state index in [0.29, 0.717) is 23.5 Å². The van der Waals surface area contributed by atoms with Crippen molar-refractivity contribution in [2.75, 3.05) is 10.6 Å². The second kappa shape index (κ2) is 6.47. The summed E-state index contributed by atoms with van der Waals surface area (Å²) in [4.78, 5) is 9.00. The fourth-order valence-electron chi connectivity index (χ4n) is 2.46. The molecule has 126 valence electrons. The van der Waals surface area contributed by atoms with Crippen molar-refractivity contribution in [3.05, 3.63) is 66.2 Å². The van der Waals surface area contributed by atoms with Crippen LogP contribution in [0.15, 0.2) is 54.6 Å². The van der Waals surface area contributed by atoms with Gasteiger partial charge >= 0.3 is 0 Å². The van der Waals surface area contributed by atoms with Crippen LogP contribution in [0, 0.1) is 11.6 Å². The first-order valence-corrected chi connectivity index (χ1v) is 8.10. The van der Waals surface area contributed by atoms with Crippen molar-refractivity contribution in [1.82, 2.24) is 9.97 Å². The summed E-state index contributed by atoms with van der Waals surface area (Å²) in [5, 5.41) is 6.29. The number of nitrogens with zero attached hydrogens (tertiary/aromatic N) is 2. The van der Waals surface area contributed by atoms with Crippen molar-refractivity contribution in [3.63, 3.8) is 0 Å². The zero-order valence-corrected chi connectivity index (χ0v) is 13.3. The Morgan fingerprint density at radius 3 is 2.40 bits per heavy atom. The fraction of sp³-hybridized carbons (Fsp3) is 0.158. The van der Waals surface area contributed by atoms with Crippen LogP contribution in [0.1, 0.15) is 12.8 Å². The highest BCUT2D eigenvalue weighted by Crippen LogP contribution is 2.27. The molecule has 6 heteroatoms. The second-order valence-corrected chi connectivity index (χ2v) is 6.00. The van der Waals surface area contributed by atoms with Gasteiger partial charge < -0.3 is 10.6 Å². The fourth-order valence-corrected chi connectivity index (χ4v) is 2.46. The van der Waals surface area contributed by atoms with Gasteiger partial charge in [0.25, 0.3) is 0 Å². The summed E-state index contributed by atoms with van der Waals surface area (Å²) >= 11 is 0. The van der Waals surface area contributed by atoms with Crippen molar-refractivity contribution < 1.29 is 8.78 Å². The van der Waals surface area contributed by atoms with E-state index in [9.17, 15) is 8.78 Å². The molecule has 0 unspecified atom stereocenters. The van der Waals surface area contributed by atoms with Crippen molar-refractivity contribution in [1.29, 1.82) is 0 Å². The highest BCUT2D eigenvalue weighted by Gasteiger charge is 2.22. The van der Waals surface area contributed by atoms with Gasteiger partial charge in [-0.3, -0.25) is 0 Å². The van der Waals surface area contributed by atoms with Gasteiger partial charge in [0.2, 0.25) is 5.95 Å². The lowest BCUT2D eigenvalue weighted by molar-refractivity contribution is 0.509. The normalized spacial score (nSPS) is 13.5. The Labute approximate surface area is 144 Å². The van der Waals surface area contributed by atoms with Gasteiger partial charge in [0.15, 0.2) is 11.6 Å². The van der Waals surface area contributed by atoms with E-state index >= 15 is 0 Å². The van der Waals surface area contributed by atoms with E-state index < -0.39 is 11.6 Å². The van der Waals surface area contributed by atoms with Crippen molar-refractivity contribution in [2.24, 2.45) is 0 Å². The van der Waals surface area contributed by atoms with Crippen molar-refractivity contribution in [2.45, 2.75) is 18.9 Å². The zero-order chi connectivity index (χ0) is 17.2. The number of hydrogen-bond acceptors (Lipinski definition) is 4. The van der Waals surface area contributed by atoms with Crippen LogP contribution >= 0.6 is 0 Å². The molecule has 0 bridgehead atoms. The molecule has 25 heavy (non-hydrogen) atoms. The first-order chi connectivity index (χ1) is 12.2. The molecule has 1 aliphatic rings. The van der Waals surface area contributed by atoms with E-state index in [4.69, 9.17) is 0 Å². The van der Waals surface area contributed by atoms with Gasteiger partial charge in [0, 0.05) is 29.4 Å². The molecule has 1 aliphatic carbocycles. The predicted molar refractivity (Wildman–Crippen MR) is 93.8 cm³/mol. The van der Waals surface area contributed by atoms with Gasteiger partial charge in [0.1, 0.15) is 5.82 Å². The van der Waals surface area contributed by atoms with Crippen LogP contribution in [0.4, 0.5) is 26.2 Å². The van der Waals surface area contributed by atoms with E-state index in [1.54, 1.807) is 6.07 Å². The lowest BCUT2D eigenvalue weighted by atomic mass is 10.1. The molecule has 0 atom stereocenters. The SMILES string of the molecule is Fc1ccc(Nc2cc(-c3ccccc3)nc(NC3CC3)n2)cc1F. The molecule has 2 aromatic carbocycles. The van der Waals surface area contributed by atoms with E-state index in [-0.39, 0.29) is 0 Å². The Kier molecular flexibility index (Phi) is 4.01. The van der Waals surface area contributed by atoms with Crippen LogP contribution in [0.2, 0.25) is 0 Å². The molecule has 0 radical (unpaired) electrons. The smallest absolute Gasteiger partial charge is 0.225 e. The van der Waals surface area contributed by atoms with Gasteiger partial charge in [-0.25, -0.2) is 13.8 Å². The maximum absolute atomic E-state index is 13.4. The number of hydrogen-bond donors (Lipinski definition) is 2. The maximum Gasteiger partial charge on any atom is 0.225 e. The number of halogens is 2. The minimum Gasteiger partial charge on any atom is -0.351 e. The van der Waals surface area contributed by atoms with Crippen LogP contribution in [-0.2, 0) is 0 Å². The lowest BCUT2D eigenvalue weighted by Gasteiger charge is -2.11. The molecule has 1 saturated carbocycles. The molecule has 1 heterocycles. The van der Waals surface area contributed by atoms with Gasteiger partial charge in [0.05, 0.1) is 5.69 Å². The quantitative estimate of drug-likeness (QED) is 0.705. The van der Waals surface area contributed by atoms with E-state index in [1.165, 1.54) is 6.07 Å². The molecule has 2 N–H and O–H groups in total. The third-order valence-corrected chi connectivity index (χ3v) is 3.90. The monoisotopic (exact) mass is 338 g/mol. The largest absolute Gasteiger partial charge is 0.351 e. The summed E-state index contributed by atoms with van der Waals surface area (Å²) in [7, 11) is 0. The number of benzene rings is 2. The number of nitrogens with one attached hydrogen (secondary N) is 2. The molecule has 3 aromatic rings. The lowest BCUT2D eigenvalue weighted by Crippen LogP contribution is -2.07. The van der Waals surface area contributed by atoms with Crippen LogP contribution in [0.25, 0.3) is 11.3 Å². The minimum absolute atomic E-state index is 0.405. The van der Waals surface area contributed by atoms with Gasteiger partial charge in [-0.1, -0.05) is 30.3 Å². The van der Waals surface area contributed by atoms with Crippen LogP contribution in [-0.4, -0.2) is 16.0 Å². The molecular weight excluding hydrogens is 322 g/mol. The topological polar surface area (TPSA) is 49.8 Å². The van der Waals surface area contributed by atoms with Gasteiger partial charge in [-0.15, -0.1) is 0 Å². The van der Waals surface area contributed by atoms with E-state index in [1.807, 2.05) is 30.3 Å². The first kappa shape index (κ1) is 15.5. The predicted octanol–water partition coefficient (Wildman–Crippen LogP) is 4.74. The van der Waals surface area contributed by atoms with E-state index in [2.05, 4.69) is 20.6 Å². The molecule has 4 nitrogen and oxygen atoms in total. The molecule has 0 amide bonds. The molecule has 0 saturated heterocycles. The highest BCUT2D eigenvalue weighted by molar-refractivity contribution is 5.67. The first-order valence-electron chi connectivity index (χ1n) is 8.10. The average Bonchev–Trinajstić information content (AvgIpc) is 3.43. The summed E-state index contributed by atoms with van der Waals surface area (Å²) in [6.07, 6.45) is 2.20. The highest BCUT2D eigenvalue weighted by atomic mass is 19.2. The summed E-state index contributed by atoms with van der Waals surface area (Å²) in [6, 6.07) is 15.6. The Morgan fingerprint density at radius 2 is 1.68 bits per heavy atom. The molecule has 0 aliphatic heterocycles. The van der Waals surface area contributed by atoms with Gasteiger partial charge in [-0.2, -0.15) is 4.98 Å². The van der Waals surface area contributed by atoms with Crippen LogP contribution in [0.3, 0.4) is 0 Å². The molecular formula is C19H16F2N4. The number of rotatable bonds is 5. The second-order valence-electron chi connectivity index (χ2n) is 6.00. The standard InChI is InChI=1S/C19H16F2N4/c20-15-9-8-14(10-16(15)21)22-18-11-17(12-4-2-1-3-5-12)24-19(25-18)23-13-6-7-13/h1-5,8-11,13H,6-7H2,(H2,22,23,24,25). The zero-order valence-electron chi connectivity index (χ0n) is 13.3. The number of anilines is 3. The Balaban J connectivity index is 1.68. The maximum atomic E-state index is 13.4. The third-order valence-electron chi connectivity index (χ3n) is 3.90. The Bertz CT molecular complexity index is 895. The molecule has 1 fully saturated rings. The Morgan fingerprint density at radius 1 is 0.880 bits per heavy atom. The van der Waals surface area contributed by atoms with Crippen LogP contribution in [0.5, 0.6) is 0 Å². The van der Waals surface area contributed by atoms with Crippen LogP contribution < -0.4 is 10.6 Å². The summed E-state index contributed by atoms with van der Waals surface area (Å²) in [6.45, 7) is 0. The van der Waals surface area contributed by atoms with Crippen molar-refractivity contribution >= 4 is 17.5 Å². The van der Waals surface area contributed by atoms with Gasteiger partial charge in [-0.05, 0) is 25.0 Å². The number of aromatic nitrogens is 2.